The maximum absolute atomic E-state index is 10.4. The van der Waals surface area contributed by atoms with Crippen LogP contribution in [0.1, 0.15) is 44.9 Å². The highest BCUT2D eigenvalue weighted by Crippen LogP contribution is 2.08. The van der Waals surface area contributed by atoms with Crippen molar-refractivity contribution in [3.63, 3.8) is 0 Å². The van der Waals surface area contributed by atoms with E-state index < -0.39 is 0 Å². The smallest absolute Gasteiger partial charge is 0.185 e. The summed E-state index contributed by atoms with van der Waals surface area (Å²) in [5, 5.41) is 0.00996. The second-order valence-electron chi connectivity index (χ2n) is 2.95. The van der Waals surface area contributed by atoms with Gasteiger partial charge >= 0.3 is 0 Å². The topological polar surface area (TPSA) is 17.1 Å². The lowest BCUT2D eigenvalue weighted by atomic mass is 10.1. The average molecular weight is 209 g/mol. The van der Waals surface area contributed by atoms with Gasteiger partial charge in [0.25, 0.3) is 0 Å². The summed E-state index contributed by atoms with van der Waals surface area (Å²) >= 11 is 9.23. The van der Waals surface area contributed by atoms with Crippen LogP contribution >= 0.6 is 24.2 Å². The van der Waals surface area contributed by atoms with Crippen LogP contribution in [0.4, 0.5) is 0 Å². The van der Waals surface area contributed by atoms with Gasteiger partial charge < -0.3 is 0 Å². The predicted octanol–water partition coefficient (Wildman–Crippen LogP) is 3.41. The summed E-state index contributed by atoms with van der Waals surface area (Å²) in [7, 11) is 0. The van der Waals surface area contributed by atoms with E-state index in [0.29, 0.717) is 6.42 Å². The molecule has 1 nitrogen and oxygen atoms in total. The molecule has 0 radical (unpaired) electrons. The van der Waals surface area contributed by atoms with Crippen LogP contribution in [-0.2, 0) is 4.79 Å². The Hall–Kier alpha value is 0.310. The Kier molecular flexibility index (Phi) is 9.64. The van der Waals surface area contributed by atoms with E-state index in [1.54, 1.807) is 0 Å². The van der Waals surface area contributed by atoms with Crippen molar-refractivity contribution in [2.75, 3.05) is 5.88 Å². The van der Waals surface area contributed by atoms with Gasteiger partial charge in [-0.25, -0.2) is 0 Å². The monoisotopic (exact) mass is 208 g/mol. The molecule has 0 fully saturated rings. The molecule has 0 saturated heterocycles. The fourth-order valence-electron chi connectivity index (χ4n) is 1.08. The minimum absolute atomic E-state index is 0.00996. The molecule has 0 bridgehead atoms. The van der Waals surface area contributed by atoms with E-state index in [1.807, 2.05) is 0 Å². The number of carbonyl (C=O) groups is 1. The summed E-state index contributed by atoms with van der Waals surface area (Å²) in [6, 6.07) is 0. The van der Waals surface area contributed by atoms with Gasteiger partial charge in [-0.15, -0.1) is 24.2 Å². The summed E-state index contributed by atoms with van der Waals surface area (Å²) in [5.41, 5.74) is 0. The van der Waals surface area contributed by atoms with Gasteiger partial charge in [-0.05, 0) is 12.8 Å². The minimum atomic E-state index is 0.00996. The summed E-state index contributed by atoms with van der Waals surface area (Å²) in [5.74, 6) is 0.773. The highest BCUT2D eigenvalue weighted by atomic mass is 35.5. The van der Waals surface area contributed by atoms with Crippen LogP contribution in [-0.4, -0.2) is 11.0 Å². The van der Waals surface area contributed by atoms with Crippen LogP contribution in [0.5, 0.6) is 0 Å². The summed E-state index contributed by atoms with van der Waals surface area (Å²) in [6.07, 6.45) is 7.56. The molecule has 0 spiro atoms. The summed E-state index contributed by atoms with van der Waals surface area (Å²) in [4.78, 5) is 10.4. The molecule has 0 rings (SSSR count). The van der Waals surface area contributed by atoms with Gasteiger partial charge in [0.15, 0.2) is 5.12 Å². The van der Waals surface area contributed by atoms with Crippen LogP contribution < -0.4 is 0 Å². The molecule has 0 aliphatic heterocycles. The second-order valence-corrected chi connectivity index (χ2v) is 3.83. The van der Waals surface area contributed by atoms with E-state index in [0.717, 1.165) is 25.1 Å². The molecular formula is C9H17ClOS. The van der Waals surface area contributed by atoms with Crippen LogP contribution in [0.15, 0.2) is 0 Å². The number of thiol groups is 1. The zero-order chi connectivity index (χ0) is 9.23. The molecule has 0 aromatic carbocycles. The van der Waals surface area contributed by atoms with Gasteiger partial charge in [-0.1, -0.05) is 25.7 Å². The lowest BCUT2D eigenvalue weighted by Gasteiger charge is -1.98. The summed E-state index contributed by atoms with van der Waals surface area (Å²) in [6.45, 7) is 0. The molecule has 0 saturated carbocycles. The third kappa shape index (κ3) is 10.3. The Balaban J connectivity index is 2.86. The Morgan fingerprint density at radius 2 is 1.50 bits per heavy atom. The molecule has 0 heterocycles. The molecule has 0 aliphatic carbocycles. The largest absolute Gasteiger partial charge is 0.288 e. The second kappa shape index (κ2) is 9.40. The van der Waals surface area contributed by atoms with Crippen molar-refractivity contribution in [3.8, 4) is 0 Å². The molecule has 0 amide bonds. The molecular weight excluding hydrogens is 192 g/mol. The van der Waals surface area contributed by atoms with E-state index in [4.69, 9.17) is 11.6 Å². The molecule has 0 aliphatic rings. The van der Waals surface area contributed by atoms with Gasteiger partial charge in [0.05, 0.1) is 0 Å². The molecule has 0 aromatic heterocycles. The third-order valence-corrected chi connectivity index (χ3v) is 2.27. The number of alkyl halides is 1. The third-order valence-electron chi connectivity index (χ3n) is 1.77. The van der Waals surface area contributed by atoms with Crippen molar-refractivity contribution in [2.24, 2.45) is 0 Å². The zero-order valence-corrected chi connectivity index (χ0v) is 9.04. The van der Waals surface area contributed by atoms with Crippen molar-refractivity contribution in [1.29, 1.82) is 0 Å². The molecule has 0 N–H and O–H groups in total. The molecule has 0 unspecified atom stereocenters. The fraction of sp³-hybridized carbons (Fsp3) is 0.889. The van der Waals surface area contributed by atoms with Gasteiger partial charge in [0.1, 0.15) is 0 Å². The molecule has 0 aromatic rings. The van der Waals surface area contributed by atoms with E-state index >= 15 is 0 Å². The molecule has 12 heavy (non-hydrogen) atoms. The normalized spacial score (nSPS) is 10.2. The number of unbranched alkanes of at least 4 members (excludes halogenated alkanes) is 5. The van der Waals surface area contributed by atoms with Gasteiger partial charge in [-0.3, -0.25) is 4.79 Å². The quantitative estimate of drug-likeness (QED) is 0.368. The predicted molar refractivity (Wildman–Crippen MR) is 57.0 cm³/mol. The lowest BCUT2D eigenvalue weighted by Crippen LogP contribution is -1.86. The first-order valence-electron chi connectivity index (χ1n) is 4.55. The highest BCUT2D eigenvalue weighted by Gasteiger charge is 1.94. The van der Waals surface area contributed by atoms with E-state index in [9.17, 15) is 4.79 Å². The van der Waals surface area contributed by atoms with E-state index in [2.05, 4.69) is 12.6 Å². The maximum atomic E-state index is 10.4. The van der Waals surface area contributed by atoms with Crippen molar-refractivity contribution in [1.82, 2.24) is 0 Å². The lowest BCUT2D eigenvalue weighted by molar-refractivity contribution is -0.110. The molecule has 72 valence electrons. The Morgan fingerprint density at radius 3 is 2.00 bits per heavy atom. The molecule has 3 heteroatoms. The van der Waals surface area contributed by atoms with Gasteiger partial charge in [0.2, 0.25) is 0 Å². The van der Waals surface area contributed by atoms with Crippen molar-refractivity contribution >= 4 is 29.3 Å². The Bertz CT molecular complexity index is 117. The average Bonchev–Trinajstić information content (AvgIpc) is 2.02. The van der Waals surface area contributed by atoms with Crippen LogP contribution in [0.2, 0.25) is 0 Å². The Morgan fingerprint density at radius 1 is 1.00 bits per heavy atom. The number of hydrogen-bond donors (Lipinski definition) is 1. The number of rotatable bonds is 8. The van der Waals surface area contributed by atoms with Gasteiger partial charge in [0, 0.05) is 12.3 Å². The minimum Gasteiger partial charge on any atom is -0.288 e. The number of halogens is 1. The first-order chi connectivity index (χ1) is 5.77. The highest BCUT2D eigenvalue weighted by molar-refractivity contribution is 7.96. The number of carbonyl (C=O) groups excluding carboxylic acids is 1. The van der Waals surface area contributed by atoms with Gasteiger partial charge in [-0.2, -0.15) is 0 Å². The standard InChI is InChI=1S/C9H17ClOS/c10-8-6-4-2-1-3-5-7-9(11)12/h1-8H2,(H,11,12). The van der Waals surface area contributed by atoms with E-state index in [-0.39, 0.29) is 5.12 Å². The van der Waals surface area contributed by atoms with Crippen LogP contribution in [0, 0.1) is 0 Å². The SMILES string of the molecule is O=C(S)CCCCCCCCCl. The Labute approximate surface area is 85.3 Å². The summed E-state index contributed by atoms with van der Waals surface area (Å²) < 4.78 is 0. The van der Waals surface area contributed by atoms with Crippen molar-refractivity contribution < 1.29 is 4.79 Å². The fourth-order valence-corrected chi connectivity index (χ4v) is 1.42. The van der Waals surface area contributed by atoms with Crippen molar-refractivity contribution in [2.45, 2.75) is 44.9 Å². The van der Waals surface area contributed by atoms with Crippen LogP contribution in [0.3, 0.4) is 0 Å². The van der Waals surface area contributed by atoms with Crippen molar-refractivity contribution in [3.05, 3.63) is 0 Å². The van der Waals surface area contributed by atoms with Crippen LogP contribution in [0.25, 0.3) is 0 Å². The first-order valence-corrected chi connectivity index (χ1v) is 5.53. The maximum Gasteiger partial charge on any atom is 0.185 e. The van der Waals surface area contributed by atoms with E-state index in [1.165, 1.54) is 19.3 Å². The first kappa shape index (κ1) is 12.3. The number of hydrogen-bond acceptors (Lipinski definition) is 1. The zero-order valence-electron chi connectivity index (χ0n) is 7.39. The molecule has 0 atom stereocenters.